The predicted octanol–water partition coefficient (Wildman–Crippen LogP) is 3.13. The van der Waals surface area contributed by atoms with Gasteiger partial charge in [0.15, 0.2) is 0 Å². The van der Waals surface area contributed by atoms with Gasteiger partial charge in [0.05, 0.1) is 22.5 Å². The summed E-state index contributed by atoms with van der Waals surface area (Å²) >= 11 is 5.87. The number of para-hydroxylation sites is 1. The Hall–Kier alpha value is -1.69. The minimum atomic E-state index is -4.44. The van der Waals surface area contributed by atoms with E-state index in [4.69, 9.17) is 17.3 Å². The summed E-state index contributed by atoms with van der Waals surface area (Å²) in [6, 6.07) is 4.67. The standard InChI is InChI=1S/C10H7ClF3N3/c11-7-2-1-3-8(15)9(7)17-5-6(4-16-17)10(12,13)14/h1-5H,15H2. The van der Waals surface area contributed by atoms with Crippen LogP contribution in [0.1, 0.15) is 5.56 Å². The van der Waals surface area contributed by atoms with E-state index in [-0.39, 0.29) is 16.4 Å². The summed E-state index contributed by atoms with van der Waals surface area (Å²) in [5.74, 6) is 0. The highest BCUT2D eigenvalue weighted by Crippen LogP contribution is 2.31. The quantitative estimate of drug-likeness (QED) is 0.802. The summed E-state index contributed by atoms with van der Waals surface area (Å²) in [7, 11) is 0. The largest absolute Gasteiger partial charge is 0.419 e. The molecular weight excluding hydrogens is 255 g/mol. The molecule has 0 amide bonds. The Morgan fingerprint density at radius 1 is 1.29 bits per heavy atom. The molecular formula is C10H7ClF3N3. The minimum Gasteiger partial charge on any atom is -0.397 e. The van der Waals surface area contributed by atoms with Crippen LogP contribution in [0.15, 0.2) is 30.6 Å². The van der Waals surface area contributed by atoms with Crippen LogP contribution < -0.4 is 5.73 Å². The van der Waals surface area contributed by atoms with Crippen molar-refractivity contribution in [2.45, 2.75) is 6.18 Å². The lowest BCUT2D eigenvalue weighted by molar-refractivity contribution is -0.137. The Bertz CT molecular complexity index is 528. The summed E-state index contributed by atoms with van der Waals surface area (Å²) in [5, 5.41) is 3.84. The average Bonchev–Trinajstić information content (AvgIpc) is 2.65. The number of nitrogen functional groups attached to an aromatic ring is 1. The first-order chi connectivity index (χ1) is 7.89. The van der Waals surface area contributed by atoms with E-state index in [1.807, 2.05) is 0 Å². The zero-order valence-corrected chi connectivity index (χ0v) is 9.13. The molecule has 0 fully saturated rings. The monoisotopic (exact) mass is 261 g/mol. The molecule has 0 bridgehead atoms. The van der Waals surface area contributed by atoms with E-state index in [9.17, 15) is 13.2 Å². The molecule has 0 saturated heterocycles. The molecule has 0 atom stereocenters. The van der Waals surface area contributed by atoms with Crippen LogP contribution in [-0.2, 0) is 6.18 Å². The molecule has 0 aliphatic rings. The second kappa shape index (κ2) is 3.96. The molecule has 0 radical (unpaired) electrons. The average molecular weight is 262 g/mol. The van der Waals surface area contributed by atoms with Gasteiger partial charge in [-0.15, -0.1) is 0 Å². The molecule has 90 valence electrons. The molecule has 2 N–H and O–H groups in total. The van der Waals surface area contributed by atoms with Gasteiger partial charge in [-0.25, -0.2) is 4.68 Å². The van der Waals surface area contributed by atoms with Gasteiger partial charge >= 0.3 is 6.18 Å². The molecule has 0 spiro atoms. The first kappa shape index (κ1) is 11.8. The molecule has 0 aliphatic carbocycles. The molecule has 1 aromatic carbocycles. The van der Waals surface area contributed by atoms with Crippen molar-refractivity contribution in [1.29, 1.82) is 0 Å². The van der Waals surface area contributed by atoms with Crippen LogP contribution in [0.5, 0.6) is 0 Å². The summed E-state index contributed by atoms with van der Waals surface area (Å²) in [4.78, 5) is 0. The molecule has 7 heteroatoms. The lowest BCUT2D eigenvalue weighted by Gasteiger charge is -2.07. The van der Waals surface area contributed by atoms with Gasteiger partial charge in [-0.3, -0.25) is 0 Å². The molecule has 2 rings (SSSR count). The summed E-state index contributed by atoms with van der Waals surface area (Å²) in [6.45, 7) is 0. The number of nitrogens with zero attached hydrogens (tertiary/aromatic N) is 2. The number of nitrogens with two attached hydrogens (primary N) is 1. The maximum atomic E-state index is 12.4. The summed E-state index contributed by atoms with van der Waals surface area (Å²) in [6.07, 6.45) is -2.87. The second-order valence-electron chi connectivity index (χ2n) is 3.35. The fourth-order valence-electron chi connectivity index (χ4n) is 1.37. The molecule has 1 heterocycles. The third-order valence-corrected chi connectivity index (χ3v) is 2.46. The predicted molar refractivity (Wildman–Crippen MR) is 58.0 cm³/mol. The van der Waals surface area contributed by atoms with Crippen LogP contribution in [0, 0.1) is 0 Å². The van der Waals surface area contributed by atoms with Gasteiger partial charge in [-0.1, -0.05) is 17.7 Å². The summed E-state index contributed by atoms with van der Waals surface area (Å²) in [5.41, 5.74) is 5.29. The number of alkyl halides is 3. The molecule has 3 nitrogen and oxygen atoms in total. The highest BCUT2D eigenvalue weighted by atomic mass is 35.5. The van der Waals surface area contributed by atoms with Crippen LogP contribution in [0.2, 0.25) is 5.02 Å². The summed E-state index contributed by atoms with van der Waals surface area (Å²) < 4.78 is 38.2. The van der Waals surface area contributed by atoms with Crippen LogP contribution in [0.4, 0.5) is 18.9 Å². The van der Waals surface area contributed by atoms with Crippen LogP contribution in [0.3, 0.4) is 0 Å². The number of rotatable bonds is 1. The first-order valence-corrected chi connectivity index (χ1v) is 4.93. The van der Waals surface area contributed by atoms with Crippen LogP contribution >= 0.6 is 11.6 Å². The van der Waals surface area contributed by atoms with Crippen molar-refractivity contribution >= 4 is 17.3 Å². The van der Waals surface area contributed by atoms with Gasteiger partial charge in [0.2, 0.25) is 0 Å². The Morgan fingerprint density at radius 2 is 2.00 bits per heavy atom. The lowest BCUT2D eigenvalue weighted by atomic mass is 10.2. The molecule has 0 aliphatic heterocycles. The lowest BCUT2D eigenvalue weighted by Crippen LogP contribution is -2.04. The van der Waals surface area contributed by atoms with E-state index >= 15 is 0 Å². The molecule has 2 aromatic rings. The van der Waals surface area contributed by atoms with E-state index < -0.39 is 11.7 Å². The van der Waals surface area contributed by atoms with Gasteiger partial charge < -0.3 is 5.73 Å². The van der Waals surface area contributed by atoms with Crippen molar-refractivity contribution in [1.82, 2.24) is 9.78 Å². The minimum absolute atomic E-state index is 0.238. The number of benzene rings is 1. The number of aromatic nitrogens is 2. The molecule has 17 heavy (non-hydrogen) atoms. The highest BCUT2D eigenvalue weighted by Gasteiger charge is 2.32. The number of hydrogen-bond acceptors (Lipinski definition) is 2. The van der Waals surface area contributed by atoms with E-state index in [0.717, 1.165) is 17.1 Å². The van der Waals surface area contributed by atoms with Crippen molar-refractivity contribution in [2.75, 3.05) is 5.73 Å². The van der Waals surface area contributed by atoms with Crippen molar-refractivity contribution < 1.29 is 13.2 Å². The fraction of sp³-hybridized carbons (Fsp3) is 0.100. The number of halogens is 4. The third kappa shape index (κ3) is 2.21. The first-order valence-electron chi connectivity index (χ1n) is 4.56. The number of anilines is 1. The zero-order chi connectivity index (χ0) is 12.6. The van der Waals surface area contributed by atoms with E-state index in [2.05, 4.69) is 5.10 Å². The third-order valence-electron chi connectivity index (χ3n) is 2.16. The molecule has 0 unspecified atom stereocenters. The van der Waals surface area contributed by atoms with Crippen LogP contribution in [0.25, 0.3) is 5.69 Å². The molecule has 1 aromatic heterocycles. The second-order valence-corrected chi connectivity index (χ2v) is 3.76. The SMILES string of the molecule is Nc1cccc(Cl)c1-n1cc(C(F)(F)F)cn1. The van der Waals surface area contributed by atoms with Crippen molar-refractivity contribution in [3.8, 4) is 5.69 Å². The van der Waals surface area contributed by atoms with Crippen molar-refractivity contribution in [3.63, 3.8) is 0 Å². The zero-order valence-electron chi connectivity index (χ0n) is 8.37. The maximum absolute atomic E-state index is 12.4. The number of hydrogen-bond donors (Lipinski definition) is 1. The Kier molecular flexibility index (Phi) is 2.74. The molecule has 0 saturated carbocycles. The van der Waals surface area contributed by atoms with Crippen molar-refractivity contribution in [2.24, 2.45) is 0 Å². The van der Waals surface area contributed by atoms with Gasteiger partial charge in [0.1, 0.15) is 5.69 Å². The topological polar surface area (TPSA) is 43.8 Å². The van der Waals surface area contributed by atoms with Gasteiger partial charge in [0.25, 0.3) is 0 Å². The van der Waals surface area contributed by atoms with E-state index in [1.54, 1.807) is 6.07 Å². The normalized spacial score (nSPS) is 11.8. The van der Waals surface area contributed by atoms with Gasteiger partial charge in [0, 0.05) is 6.20 Å². The van der Waals surface area contributed by atoms with Crippen LogP contribution in [-0.4, -0.2) is 9.78 Å². The smallest absolute Gasteiger partial charge is 0.397 e. The highest BCUT2D eigenvalue weighted by molar-refractivity contribution is 6.32. The Morgan fingerprint density at radius 3 is 2.53 bits per heavy atom. The Labute approximate surface area is 99.6 Å². The fourth-order valence-corrected chi connectivity index (χ4v) is 1.63. The Balaban J connectivity index is 2.51. The van der Waals surface area contributed by atoms with E-state index in [0.29, 0.717) is 0 Å². The van der Waals surface area contributed by atoms with Gasteiger partial charge in [-0.05, 0) is 12.1 Å². The van der Waals surface area contributed by atoms with Crippen molar-refractivity contribution in [3.05, 3.63) is 41.2 Å². The maximum Gasteiger partial charge on any atom is 0.419 e. The van der Waals surface area contributed by atoms with E-state index in [1.165, 1.54) is 12.1 Å². The van der Waals surface area contributed by atoms with Gasteiger partial charge in [-0.2, -0.15) is 18.3 Å².